The van der Waals surface area contributed by atoms with Crippen LogP contribution in [0.15, 0.2) is 73.3 Å². The van der Waals surface area contributed by atoms with Crippen molar-refractivity contribution in [3.63, 3.8) is 0 Å². The van der Waals surface area contributed by atoms with E-state index in [2.05, 4.69) is 115 Å². The minimum atomic E-state index is -1.91. The van der Waals surface area contributed by atoms with E-state index in [-0.39, 0.29) is 109 Å². The number of aliphatic hydroxyl groups is 2. The molecule has 0 saturated carbocycles. The lowest BCUT2D eigenvalue weighted by molar-refractivity contribution is -0.143. The standard InChI is InChI=1S/C97H148N28O25/c1-2-3-28-67(87(139)116-71-35-37-80(130)103-39-23-22-30-66(86(99)138)111-92(144)73(47-61-50-107-65-29-21-20-27-64(61)65)117-88(140)68(31-24-40-106-97(100)101)113-91(143)72(46-60-25-16-15-17-26-60)119-95(147)76-49-63(127)53-125(76)96(71)148)112-90(142)70(38-41-104-82(132)54-124(55-84(134)135)56-85(136)137)115-93(145)74(48-62-51-102-59-109-62)118-89(141)69(34-36-77(98)128)114-94(146)75(57-126)110-81(131)52-108-83(133)58-150-45-44-149-43-42-105-79(129)33-19-14-12-10-8-6-4-5-7-9-11-13-18-32-78-120-122-123-121-78/h15-17,20-21,25-27,29,50-51,59,63,66-76,107,126-127H,2-14,18-19,22-24,28,30-49,52-58H2,1H3,(H2,98,128)(H2,99,138)(H,102,109)(H,103,130)(H,104,132)(H,105,129)(H,108,133)(H,110,131)(H,111,144)(H,112,142)(H,113,143)(H,114,146)(H,115,145)(H,116,139)(H,117,140)(H,118,141)(H,119,147)(H,134,135)(H,136,137)(H4,100,101,106)(H,120,121,122,123)/t63-,66?,67+,68?,69?,70?,71?,72-,73?,74?,75?,76?/m1/s1. The molecule has 53 heteroatoms. The quantitative estimate of drug-likeness (QED) is 0.00990. The minimum absolute atomic E-state index is 0.0177. The first-order chi connectivity index (χ1) is 72.1. The van der Waals surface area contributed by atoms with Gasteiger partial charge in [0.25, 0.3) is 0 Å². The number of hydrogen-bond acceptors (Lipinski definition) is 29. The van der Waals surface area contributed by atoms with Gasteiger partial charge in [0.2, 0.25) is 100 Å². The molecular formula is C97H148N28O25. The molecule has 0 spiro atoms. The van der Waals surface area contributed by atoms with Crippen molar-refractivity contribution in [2.45, 2.75) is 285 Å². The summed E-state index contributed by atoms with van der Waals surface area (Å²) < 4.78 is 10.9. The van der Waals surface area contributed by atoms with Gasteiger partial charge < -0.3 is 142 Å². The summed E-state index contributed by atoms with van der Waals surface area (Å²) in [4.78, 5) is 276. The molecular weight excluding hydrogens is 1960 g/mol. The van der Waals surface area contributed by atoms with Gasteiger partial charge in [0.15, 0.2) is 5.96 Å². The van der Waals surface area contributed by atoms with Crippen LogP contribution in [0.1, 0.15) is 209 Å². The van der Waals surface area contributed by atoms with Crippen LogP contribution in [0.3, 0.4) is 0 Å². The Bertz CT molecular complexity index is 5160. The van der Waals surface area contributed by atoms with Gasteiger partial charge in [0, 0.05) is 113 Å². The molecule has 29 N–H and O–H groups in total. The van der Waals surface area contributed by atoms with Crippen molar-refractivity contribution in [2.75, 3.05) is 91.9 Å². The number of primary amides is 2. The normalized spacial score (nSPS) is 18.1. The largest absolute Gasteiger partial charge is 0.480 e. The summed E-state index contributed by atoms with van der Waals surface area (Å²) in [7, 11) is 0. The van der Waals surface area contributed by atoms with Crippen molar-refractivity contribution < 1.29 is 121 Å². The Morgan fingerprint density at radius 2 is 1.18 bits per heavy atom. The van der Waals surface area contributed by atoms with E-state index in [0.717, 1.165) is 54.1 Å². The van der Waals surface area contributed by atoms with Gasteiger partial charge in [0.1, 0.15) is 78.9 Å². The molecule has 2 aromatic carbocycles. The number of hydrogen-bond donors (Lipinski definition) is 26. The Balaban J connectivity index is 1.04. The maximum absolute atomic E-state index is 15.6. The van der Waals surface area contributed by atoms with Gasteiger partial charge in [-0.1, -0.05) is 139 Å². The summed E-state index contributed by atoms with van der Waals surface area (Å²) in [6.45, 7) is -4.15. The number of carbonyl (C=O) groups is 19. The number of carbonyl (C=O) groups excluding carboxylic acids is 17. The molecule has 0 bridgehead atoms. The monoisotopic (exact) mass is 2110 g/mol. The van der Waals surface area contributed by atoms with Gasteiger partial charge in [0.05, 0.1) is 65.0 Å². The first-order valence-corrected chi connectivity index (χ1v) is 51.0. The van der Waals surface area contributed by atoms with Crippen molar-refractivity contribution >= 4 is 129 Å². The molecule has 826 valence electrons. The van der Waals surface area contributed by atoms with Gasteiger partial charge in [-0.05, 0) is 98.2 Å². The number of amides is 17. The van der Waals surface area contributed by atoms with E-state index < -0.39 is 282 Å². The molecule has 5 heterocycles. The van der Waals surface area contributed by atoms with E-state index in [1.165, 1.54) is 63.9 Å². The second-order valence-electron chi connectivity index (χ2n) is 37.0. The zero-order valence-corrected chi connectivity index (χ0v) is 84.7. The second-order valence-corrected chi connectivity index (χ2v) is 37.0. The highest BCUT2D eigenvalue weighted by Gasteiger charge is 2.45. The van der Waals surface area contributed by atoms with E-state index in [4.69, 9.17) is 32.1 Å². The van der Waals surface area contributed by atoms with Gasteiger partial charge in [-0.3, -0.25) is 101 Å². The highest BCUT2D eigenvalue weighted by molar-refractivity contribution is 6.01. The SMILES string of the molecule is CCCC[C@H](NC(=O)C(CCNC(=O)CN(CC(=O)O)CC(=O)O)NC(=O)C(Cc1cnc[nH]1)NC(=O)C(CCC(N)=O)NC(=O)C(CO)NC(=O)CNC(=O)COCCOCCNC(=O)CCCCCCCCCCCCCCCc1nnn[nH]1)C(=O)NC1CCC(=O)NCCCCC(C(N)=O)NC(=O)C(Cc2c[nH]c3ccccc23)NC(=O)C(CCCNC(=N)N)NC(=O)[C@@H](Cc2ccccc2)NC(=O)C2C[C@@H](O)CN2C1=O. The van der Waals surface area contributed by atoms with Crippen LogP contribution in [0.4, 0.5) is 0 Å². The number of nitrogens with two attached hydrogens (primary N) is 3. The molecule has 3 aromatic heterocycles. The number of benzene rings is 2. The molecule has 2 aliphatic heterocycles. The first kappa shape index (κ1) is 122. The number of fused-ring (bicyclic) bond motifs is 2. The second kappa shape index (κ2) is 68.0. The number of nitrogens with one attached hydrogen (secondary N) is 19. The van der Waals surface area contributed by atoms with Crippen LogP contribution in [-0.2, 0) is 126 Å². The number of aromatic amines is 3. The number of carboxylic acids is 2. The van der Waals surface area contributed by atoms with E-state index in [1.54, 1.807) is 67.7 Å². The Morgan fingerprint density at radius 3 is 1.83 bits per heavy atom. The topological polar surface area (TPSA) is 811 Å². The molecule has 0 radical (unpaired) electrons. The number of rotatable bonds is 64. The number of aromatic nitrogens is 7. The molecule has 12 atom stereocenters. The highest BCUT2D eigenvalue weighted by Crippen LogP contribution is 2.25. The predicted molar refractivity (Wildman–Crippen MR) is 539 cm³/mol. The zero-order chi connectivity index (χ0) is 109. The minimum Gasteiger partial charge on any atom is -0.480 e. The molecule has 0 aliphatic carbocycles. The lowest BCUT2D eigenvalue weighted by atomic mass is 10.0. The zero-order valence-electron chi connectivity index (χ0n) is 84.7. The number of nitrogens with zero attached hydrogens (tertiary/aromatic N) is 6. The van der Waals surface area contributed by atoms with Crippen molar-refractivity contribution in [1.29, 1.82) is 5.41 Å². The van der Waals surface area contributed by atoms with Crippen LogP contribution < -0.4 is 97.0 Å². The van der Waals surface area contributed by atoms with Crippen LogP contribution >= 0.6 is 0 Å². The third-order valence-corrected chi connectivity index (χ3v) is 24.8. The Morgan fingerprint density at radius 1 is 0.573 bits per heavy atom. The highest BCUT2D eigenvalue weighted by atomic mass is 16.5. The number of carboxylic acid groups (broad SMARTS) is 2. The smallest absolute Gasteiger partial charge is 0.317 e. The maximum Gasteiger partial charge on any atom is 0.317 e. The number of para-hydroxylation sites is 1. The van der Waals surface area contributed by atoms with Crippen LogP contribution in [0.2, 0.25) is 0 Å². The van der Waals surface area contributed by atoms with Gasteiger partial charge >= 0.3 is 11.9 Å². The molecule has 5 aromatic rings. The van der Waals surface area contributed by atoms with Crippen LogP contribution in [0.5, 0.6) is 0 Å². The fraction of sp³-hybridized carbons (Fsp3) is 0.608. The maximum atomic E-state index is 15.6. The molecule has 17 amide bonds. The summed E-state index contributed by atoms with van der Waals surface area (Å²) in [6, 6.07) is -3.06. The summed E-state index contributed by atoms with van der Waals surface area (Å²) in [6.07, 6.45) is 14.6. The van der Waals surface area contributed by atoms with E-state index in [9.17, 15) is 82.8 Å². The summed E-state index contributed by atoms with van der Waals surface area (Å²) >= 11 is 0. The third kappa shape index (κ3) is 47.2. The molecule has 7 rings (SSSR count). The first-order valence-electron chi connectivity index (χ1n) is 51.0. The number of imidazole rings is 1. The molecule has 9 unspecified atom stereocenters. The number of ether oxygens (including phenoxy) is 2. The Hall–Kier alpha value is -14.7. The Labute approximate surface area is 866 Å². The number of aliphatic carboxylic acids is 2. The van der Waals surface area contributed by atoms with Crippen LogP contribution in [-0.4, -0.2) is 349 Å². The Kier molecular flexibility index (Phi) is 55.4. The van der Waals surface area contributed by atoms with Crippen molar-refractivity contribution in [1.82, 2.24) is 125 Å². The number of tetrazole rings is 1. The third-order valence-electron chi connectivity index (χ3n) is 24.8. The molecule has 2 fully saturated rings. The lowest BCUT2D eigenvalue weighted by Gasteiger charge is -2.31. The summed E-state index contributed by atoms with van der Waals surface area (Å²) in [5.74, 6) is -18.9. The number of unbranched alkanes of at least 4 members (excludes halogenated alkanes) is 13. The van der Waals surface area contributed by atoms with Gasteiger partial charge in [-0.25, -0.2) is 10.1 Å². The summed E-state index contributed by atoms with van der Waals surface area (Å²) in [5, 5.41) is 102. The lowest BCUT2D eigenvalue weighted by Crippen LogP contribution is -2.61. The van der Waals surface area contributed by atoms with E-state index >= 15 is 28.8 Å². The molecule has 150 heavy (non-hydrogen) atoms. The fourth-order valence-corrected chi connectivity index (χ4v) is 16.9. The van der Waals surface area contributed by atoms with E-state index in [0.29, 0.717) is 34.9 Å². The number of H-pyrrole nitrogens is 3. The fourth-order valence-electron chi connectivity index (χ4n) is 16.9. The summed E-state index contributed by atoms with van der Waals surface area (Å²) in [5.41, 5.74) is 18.9. The molecule has 2 aliphatic rings. The average molecular weight is 2110 g/mol. The van der Waals surface area contributed by atoms with Crippen molar-refractivity contribution in [3.8, 4) is 0 Å². The number of guanidine groups is 1. The average Bonchev–Trinajstić information content (AvgIpc) is 1.66. The van der Waals surface area contributed by atoms with Gasteiger partial charge in [-0.15, -0.1) is 5.10 Å². The van der Waals surface area contributed by atoms with Crippen LogP contribution in [0, 0.1) is 5.41 Å². The predicted octanol–water partition coefficient (Wildman–Crippen LogP) is -4.53. The van der Waals surface area contributed by atoms with E-state index in [1.807, 2.05) is 0 Å². The van der Waals surface area contributed by atoms with Crippen molar-refractivity contribution in [3.05, 3.63) is 96.0 Å². The number of aliphatic hydroxyl groups excluding tert-OH is 2. The van der Waals surface area contributed by atoms with Crippen LogP contribution in [0.25, 0.3) is 10.9 Å². The number of aryl methyl sites for hydroxylation is 1. The van der Waals surface area contributed by atoms with Crippen molar-refractivity contribution in [2.24, 2.45) is 17.2 Å². The molecule has 53 nitrogen and oxygen atoms in total. The molecule has 2 saturated heterocycles. The van der Waals surface area contributed by atoms with Gasteiger partial charge in [-0.2, -0.15) is 0 Å².